The first-order valence-electron chi connectivity index (χ1n) is 6.49. The van der Waals surface area contributed by atoms with Crippen molar-refractivity contribution in [3.05, 3.63) is 12.4 Å². The molecule has 0 aromatic carbocycles. The fourth-order valence-corrected chi connectivity index (χ4v) is 4.52. The summed E-state index contributed by atoms with van der Waals surface area (Å²) >= 11 is 1.81. The Hall–Kier alpha value is -0.860. The van der Waals surface area contributed by atoms with Gasteiger partial charge in [-0.1, -0.05) is 13.8 Å². The normalized spacial score (nSPS) is 20.4. The van der Waals surface area contributed by atoms with Crippen LogP contribution >= 0.6 is 11.8 Å². The quantitative estimate of drug-likeness (QED) is 0.909. The zero-order valence-electron chi connectivity index (χ0n) is 12.0. The van der Waals surface area contributed by atoms with E-state index >= 15 is 0 Å². The Bertz CT molecular complexity index is 557. The molecule has 8 heteroatoms. The predicted octanol–water partition coefficient (Wildman–Crippen LogP) is 1.42. The molecule has 1 aromatic rings. The third kappa shape index (κ3) is 3.42. The maximum absolute atomic E-state index is 12.6. The highest BCUT2D eigenvalue weighted by atomic mass is 32.2. The molecule has 1 N–H and O–H groups in total. The van der Waals surface area contributed by atoms with Crippen molar-refractivity contribution in [2.75, 3.05) is 31.2 Å². The topological polar surface area (TPSA) is 75.2 Å². The summed E-state index contributed by atoms with van der Waals surface area (Å²) in [6.07, 6.45) is 3.56. The van der Waals surface area contributed by atoms with Gasteiger partial charge in [0, 0.05) is 30.6 Å². The Labute approximate surface area is 124 Å². The van der Waals surface area contributed by atoms with Gasteiger partial charge >= 0.3 is 0 Å². The summed E-state index contributed by atoms with van der Waals surface area (Å²) < 4.78 is 26.8. The lowest BCUT2D eigenvalue weighted by Gasteiger charge is -2.22. The monoisotopic (exact) mass is 316 g/mol. The van der Waals surface area contributed by atoms with Crippen molar-refractivity contribution in [3.63, 3.8) is 0 Å². The van der Waals surface area contributed by atoms with Gasteiger partial charge in [-0.3, -0.25) is 0 Å². The molecular formula is C12H20N4O2S2. The van der Waals surface area contributed by atoms with Gasteiger partial charge in [-0.15, -0.1) is 0 Å². The zero-order chi connectivity index (χ0) is 14.8. The van der Waals surface area contributed by atoms with Gasteiger partial charge in [0.15, 0.2) is 0 Å². The summed E-state index contributed by atoms with van der Waals surface area (Å²) in [5, 5.41) is 2.77. The molecule has 0 aliphatic carbocycles. The van der Waals surface area contributed by atoms with Crippen molar-refractivity contribution in [1.29, 1.82) is 0 Å². The molecule has 0 spiro atoms. The Morgan fingerprint density at radius 1 is 1.30 bits per heavy atom. The number of hydrogen-bond acceptors (Lipinski definition) is 6. The van der Waals surface area contributed by atoms with Crippen molar-refractivity contribution >= 4 is 27.7 Å². The van der Waals surface area contributed by atoms with Crippen LogP contribution in [0.4, 0.5) is 5.95 Å². The van der Waals surface area contributed by atoms with Gasteiger partial charge in [0.25, 0.3) is 0 Å². The first kappa shape index (κ1) is 15.5. The van der Waals surface area contributed by atoms with Crippen molar-refractivity contribution in [2.45, 2.75) is 29.9 Å². The molecule has 1 fully saturated rings. The lowest BCUT2D eigenvalue weighted by Crippen LogP contribution is -2.33. The summed E-state index contributed by atoms with van der Waals surface area (Å²) in [6.45, 7) is 5.37. The molecular weight excluding hydrogens is 296 g/mol. The van der Waals surface area contributed by atoms with Gasteiger partial charge in [-0.2, -0.15) is 16.1 Å². The number of rotatable bonds is 3. The highest BCUT2D eigenvalue weighted by molar-refractivity contribution is 8.00. The molecule has 0 bridgehead atoms. The molecule has 2 rings (SSSR count). The highest BCUT2D eigenvalue weighted by Crippen LogP contribution is 2.32. The van der Waals surface area contributed by atoms with E-state index in [1.807, 2.05) is 11.8 Å². The highest BCUT2D eigenvalue weighted by Gasteiger charge is 2.31. The zero-order valence-corrected chi connectivity index (χ0v) is 13.6. The van der Waals surface area contributed by atoms with Crippen molar-refractivity contribution in [3.8, 4) is 0 Å². The lowest BCUT2D eigenvalue weighted by molar-refractivity contribution is 0.415. The SMILES string of the molecule is CNc1ncc(S(=O)(=O)N2CCSC(C)(C)CC2)cn1. The minimum absolute atomic E-state index is 0.122. The molecule has 2 heterocycles. The third-order valence-electron chi connectivity index (χ3n) is 3.29. The van der Waals surface area contributed by atoms with E-state index in [2.05, 4.69) is 29.1 Å². The maximum atomic E-state index is 12.6. The first-order valence-corrected chi connectivity index (χ1v) is 8.92. The van der Waals surface area contributed by atoms with Gasteiger partial charge in [0.05, 0.1) is 12.4 Å². The summed E-state index contributed by atoms with van der Waals surface area (Å²) in [5.41, 5.74) is 0. The van der Waals surface area contributed by atoms with Crippen LogP contribution in [0, 0.1) is 0 Å². The van der Waals surface area contributed by atoms with Crippen LogP contribution in [0.3, 0.4) is 0 Å². The molecule has 0 saturated carbocycles. The number of nitrogens with zero attached hydrogens (tertiary/aromatic N) is 3. The number of aromatic nitrogens is 2. The second-order valence-corrected chi connectivity index (χ2v) is 8.99. The average Bonchev–Trinajstić information content (AvgIpc) is 2.60. The summed E-state index contributed by atoms with van der Waals surface area (Å²) in [6, 6.07) is 0. The smallest absolute Gasteiger partial charge is 0.246 e. The second-order valence-electron chi connectivity index (χ2n) is 5.25. The summed E-state index contributed by atoms with van der Waals surface area (Å²) in [4.78, 5) is 8.11. The molecule has 112 valence electrons. The van der Waals surface area contributed by atoms with Crippen molar-refractivity contribution in [1.82, 2.24) is 14.3 Å². The molecule has 0 amide bonds. The molecule has 1 aromatic heterocycles. The molecule has 0 unspecified atom stereocenters. The third-order valence-corrected chi connectivity index (χ3v) is 6.51. The molecule has 0 atom stereocenters. The summed E-state index contributed by atoms with van der Waals surface area (Å²) in [7, 11) is -1.80. The molecule has 6 nitrogen and oxygen atoms in total. The van der Waals surface area contributed by atoms with Crippen LogP contribution in [-0.4, -0.2) is 53.3 Å². The number of hydrogen-bond donors (Lipinski definition) is 1. The molecule has 1 aliphatic rings. The largest absolute Gasteiger partial charge is 0.357 e. The predicted molar refractivity (Wildman–Crippen MR) is 81.5 cm³/mol. The van der Waals surface area contributed by atoms with E-state index in [1.165, 1.54) is 16.7 Å². The standard InChI is InChI=1S/C12H20N4O2S2/c1-12(2)4-5-16(6-7-19-12)20(17,18)10-8-14-11(13-3)15-9-10/h8-9H,4-7H2,1-3H3,(H,13,14,15). The number of anilines is 1. The molecule has 20 heavy (non-hydrogen) atoms. The lowest BCUT2D eigenvalue weighted by atomic mass is 10.1. The molecule has 1 aliphatic heterocycles. The fraction of sp³-hybridized carbons (Fsp3) is 0.667. The van der Waals surface area contributed by atoms with Crippen LogP contribution < -0.4 is 5.32 Å². The van der Waals surface area contributed by atoms with Crippen LogP contribution in [0.5, 0.6) is 0 Å². The van der Waals surface area contributed by atoms with Gasteiger partial charge < -0.3 is 5.32 Å². The molecule has 0 radical (unpaired) electrons. The Kier molecular flexibility index (Phi) is 4.55. The maximum Gasteiger partial charge on any atom is 0.246 e. The van der Waals surface area contributed by atoms with Gasteiger partial charge in [0.2, 0.25) is 16.0 Å². The minimum Gasteiger partial charge on any atom is -0.357 e. The second kappa shape index (κ2) is 5.87. The van der Waals surface area contributed by atoms with Gasteiger partial charge in [0.1, 0.15) is 4.90 Å². The number of nitrogens with one attached hydrogen (secondary N) is 1. The fourth-order valence-electron chi connectivity index (χ4n) is 1.97. The van der Waals surface area contributed by atoms with E-state index in [-0.39, 0.29) is 9.64 Å². The number of sulfonamides is 1. The van der Waals surface area contributed by atoms with Crippen LogP contribution in [0.15, 0.2) is 17.3 Å². The number of thioether (sulfide) groups is 1. The van der Waals surface area contributed by atoms with Gasteiger partial charge in [-0.05, 0) is 6.42 Å². The van der Waals surface area contributed by atoms with E-state index in [0.717, 1.165) is 12.2 Å². The van der Waals surface area contributed by atoms with E-state index in [9.17, 15) is 8.42 Å². The molecule has 1 saturated heterocycles. The van der Waals surface area contributed by atoms with E-state index in [4.69, 9.17) is 0 Å². The van der Waals surface area contributed by atoms with E-state index in [0.29, 0.717) is 19.0 Å². The van der Waals surface area contributed by atoms with Gasteiger partial charge in [-0.25, -0.2) is 18.4 Å². The van der Waals surface area contributed by atoms with Crippen LogP contribution in [0.1, 0.15) is 20.3 Å². The van der Waals surface area contributed by atoms with Crippen LogP contribution in [-0.2, 0) is 10.0 Å². The Balaban J connectivity index is 2.20. The Morgan fingerprint density at radius 2 is 1.95 bits per heavy atom. The Morgan fingerprint density at radius 3 is 2.55 bits per heavy atom. The van der Waals surface area contributed by atoms with Crippen molar-refractivity contribution in [2.24, 2.45) is 0 Å². The van der Waals surface area contributed by atoms with Crippen LogP contribution in [0.25, 0.3) is 0 Å². The van der Waals surface area contributed by atoms with Crippen LogP contribution in [0.2, 0.25) is 0 Å². The first-order chi connectivity index (χ1) is 9.35. The average molecular weight is 316 g/mol. The minimum atomic E-state index is -3.49. The van der Waals surface area contributed by atoms with E-state index < -0.39 is 10.0 Å². The van der Waals surface area contributed by atoms with E-state index in [1.54, 1.807) is 7.05 Å². The van der Waals surface area contributed by atoms with Crippen molar-refractivity contribution < 1.29 is 8.42 Å². The summed E-state index contributed by atoms with van der Waals surface area (Å²) in [5.74, 6) is 1.22.